The topological polar surface area (TPSA) is 21.3 Å². The average molecular weight is 373 g/mol. The van der Waals surface area contributed by atoms with Gasteiger partial charge < -0.3 is 10.1 Å². The molecule has 0 amide bonds. The number of hydrogen-bond acceptors (Lipinski definition) is 2. The summed E-state index contributed by atoms with van der Waals surface area (Å²) < 4.78 is 7.28. The van der Waals surface area contributed by atoms with E-state index in [1.807, 2.05) is 0 Å². The van der Waals surface area contributed by atoms with E-state index in [2.05, 4.69) is 79.9 Å². The monoisotopic (exact) mass is 373 g/mol. The van der Waals surface area contributed by atoms with E-state index < -0.39 is 0 Å². The number of benzene rings is 1. The third kappa shape index (κ3) is 3.63. The summed E-state index contributed by atoms with van der Waals surface area (Å²) in [5.41, 5.74) is 1.42. The minimum atomic E-state index is 0.205. The lowest BCUT2D eigenvalue weighted by molar-refractivity contribution is -0.108. The normalized spacial score (nSPS) is 25.2. The highest BCUT2D eigenvalue weighted by Gasteiger charge is 2.49. The summed E-state index contributed by atoms with van der Waals surface area (Å²) in [5, 5.41) is 3.64. The lowest BCUT2D eigenvalue weighted by Gasteiger charge is -2.52. The summed E-state index contributed by atoms with van der Waals surface area (Å²) in [4.78, 5) is 0. The van der Waals surface area contributed by atoms with E-state index in [9.17, 15) is 0 Å². The molecule has 1 aliphatic rings. The van der Waals surface area contributed by atoms with Crippen molar-refractivity contribution in [1.29, 1.82) is 0 Å². The predicted octanol–water partition coefficient (Wildman–Crippen LogP) is 4.54. The van der Waals surface area contributed by atoms with Gasteiger partial charge in [0.25, 0.3) is 0 Å². The highest BCUT2D eigenvalue weighted by molar-refractivity contribution is 14.1. The Balaban J connectivity index is 1.90. The maximum atomic E-state index is 6.00. The maximum Gasteiger partial charge on any atom is 0.0665 e. The first-order valence-corrected chi connectivity index (χ1v) is 8.11. The Morgan fingerprint density at radius 3 is 2.74 bits per heavy atom. The molecule has 1 saturated carbocycles. The number of ether oxygens (including phenoxy) is 1. The summed E-state index contributed by atoms with van der Waals surface area (Å²) in [7, 11) is 0. The molecule has 2 nitrogen and oxygen atoms in total. The van der Waals surface area contributed by atoms with Crippen LogP contribution in [0, 0.1) is 14.9 Å². The van der Waals surface area contributed by atoms with E-state index in [0.29, 0.717) is 18.1 Å². The second-order valence-electron chi connectivity index (χ2n) is 6.48. The van der Waals surface area contributed by atoms with E-state index in [-0.39, 0.29) is 5.41 Å². The van der Waals surface area contributed by atoms with Crippen LogP contribution in [0.25, 0.3) is 0 Å². The van der Waals surface area contributed by atoms with Crippen LogP contribution >= 0.6 is 22.6 Å². The molecule has 3 heteroatoms. The van der Waals surface area contributed by atoms with Crippen LogP contribution in [0.15, 0.2) is 24.3 Å². The molecule has 1 aliphatic carbocycles. The Kier molecular flexibility index (Phi) is 4.77. The first kappa shape index (κ1) is 15.1. The fraction of sp³-hybridized carbons (Fsp3) is 0.625. The second-order valence-corrected chi connectivity index (χ2v) is 7.73. The molecule has 0 saturated heterocycles. The van der Waals surface area contributed by atoms with E-state index in [1.165, 1.54) is 9.26 Å². The predicted molar refractivity (Wildman–Crippen MR) is 89.5 cm³/mol. The standard InChI is InChI=1S/C16H24INO/c1-11(2)10-19-15-9-14(16(15,3)4)18-13-7-5-6-12(17)8-13/h5-8,11,14-15,18H,9-10H2,1-4H3. The van der Waals surface area contributed by atoms with Crippen molar-refractivity contribution >= 4 is 28.3 Å². The van der Waals surface area contributed by atoms with E-state index in [0.717, 1.165) is 13.0 Å². The van der Waals surface area contributed by atoms with Gasteiger partial charge in [0.1, 0.15) is 0 Å². The molecule has 0 heterocycles. The minimum Gasteiger partial charge on any atom is -0.382 e. The highest BCUT2D eigenvalue weighted by Crippen LogP contribution is 2.44. The van der Waals surface area contributed by atoms with Gasteiger partial charge in [-0.25, -0.2) is 0 Å². The van der Waals surface area contributed by atoms with Gasteiger partial charge in [-0.2, -0.15) is 0 Å². The summed E-state index contributed by atoms with van der Waals surface area (Å²) in [6, 6.07) is 9.05. The average Bonchev–Trinajstić information content (AvgIpc) is 2.32. The lowest BCUT2D eigenvalue weighted by atomic mass is 9.64. The van der Waals surface area contributed by atoms with Crippen LogP contribution in [0.4, 0.5) is 5.69 Å². The molecule has 2 unspecified atom stereocenters. The fourth-order valence-corrected chi connectivity index (χ4v) is 3.04. The van der Waals surface area contributed by atoms with Crippen LogP contribution < -0.4 is 5.32 Å². The molecule has 0 aromatic heterocycles. The van der Waals surface area contributed by atoms with Crippen LogP contribution in [0.2, 0.25) is 0 Å². The Labute approximate surface area is 130 Å². The van der Waals surface area contributed by atoms with Gasteiger partial charge >= 0.3 is 0 Å². The molecule has 1 N–H and O–H groups in total. The molecule has 106 valence electrons. The molecule has 19 heavy (non-hydrogen) atoms. The van der Waals surface area contributed by atoms with Gasteiger partial charge in [0, 0.05) is 27.3 Å². The van der Waals surface area contributed by atoms with Crippen LogP contribution in [0.3, 0.4) is 0 Å². The summed E-state index contributed by atoms with van der Waals surface area (Å²) in [5.74, 6) is 0.610. The van der Waals surface area contributed by atoms with Gasteiger partial charge in [0.2, 0.25) is 0 Å². The summed E-state index contributed by atoms with van der Waals surface area (Å²) in [6.45, 7) is 9.87. The van der Waals surface area contributed by atoms with Crippen molar-refractivity contribution in [3.63, 3.8) is 0 Å². The van der Waals surface area contributed by atoms with E-state index >= 15 is 0 Å². The van der Waals surface area contributed by atoms with Crippen LogP contribution in [-0.4, -0.2) is 18.8 Å². The van der Waals surface area contributed by atoms with Crippen molar-refractivity contribution in [3.05, 3.63) is 27.8 Å². The van der Waals surface area contributed by atoms with Crippen LogP contribution in [-0.2, 0) is 4.74 Å². The first-order valence-electron chi connectivity index (χ1n) is 7.03. The third-order valence-electron chi connectivity index (χ3n) is 3.97. The van der Waals surface area contributed by atoms with Crippen molar-refractivity contribution < 1.29 is 4.74 Å². The third-order valence-corrected chi connectivity index (χ3v) is 4.64. The lowest BCUT2D eigenvalue weighted by Crippen LogP contribution is -2.58. The number of halogens is 1. The summed E-state index contributed by atoms with van der Waals surface area (Å²) in [6.07, 6.45) is 1.49. The first-order chi connectivity index (χ1) is 8.89. The Hall–Kier alpha value is -0.290. The number of nitrogens with one attached hydrogen (secondary N) is 1. The van der Waals surface area contributed by atoms with Gasteiger partial charge in [-0.3, -0.25) is 0 Å². The molecule has 0 radical (unpaired) electrons. The van der Waals surface area contributed by atoms with Crippen molar-refractivity contribution in [1.82, 2.24) is 0 Å². The molecular weight excluding hydrogens is 349 g/mol. The fourth-order valence-electron chi connectivity index (χ4n) is 2.50. The Bertz CT molecular complexity index is 431. The van der Waals surface area contributed by atoms with E-state index in [1.54, 1.807) is 0 Å². The zero-order chi connectivity index (χ0) is 14.0. The largest absolute Gasteiger partial charge is 0.382 e. The van der Waals surface area contributed by atoms with Gasteiger partial charge in [0.15, 0.2) is 0 Å². The molecule has 1 aromatic carbocycles. The maximum absolute atomic E-state index is 6.00. The number of rotatable bonds is 5. The van der Waals surface area contributed by atoms with Gasteiger partial charge in [-0.1, -0.05) is 33.8 Å². The van der Waals surface area contributed by atoms with Crippen LogP contribution in [0.1, 0.15) is 34.1 Å². The second kappa shape index (κ2) is 6.00. The SMILES string of the molecule is CC(C)COC1CC(Nc2cccc(I)c2)C1(C)C. The minimum absolute atomic E-state index is 0.205. The highest BCUT2D eigenvalue weighted by atomic mass is 127. The molecule has 0 spiro atoms. The van der Waals surface area contributed by atoms with Crippen molar-refractivity contribution in [2.75, 3.05) is 11.9 Å². The molecule has 1 fully saturated rings. The quantitative estimate of drug-likeness (QED) is 0.765. The molecule has 2 atom stereocenters. The molecule has 0 aliphatic heterocycles. The van der Waals surface area contributed by atoms with Gasteiger partial charge in [0.05, 0.1) is 6.10 Å². The van der Waals surface area contributed by atoms with Crippen LogP contribution in [0.5, 0.6) is 0 Å². The van der Waals surface area contributed by atoms with Crippen molar-refractivity contribution in [2.24, 2.45) is 11.3 Å². The van der Waals surface area contributed by atoms with Crippen molar-refractivity contribution in [3.8, 4) is 0 Å². The molecule has 1 aromatic rings. The molecule has 0 bridgehead atoms. The summed E-state index contributed by atoms with van der Waals surface area (Å²) >= 11 is 2.35. The van der Waals surface area contributed by atoms with Gasteiger partial charge in [-0.05, 0) is 53.1 Å². The smallest absolute Gasteiger partial charge is 0.0665 e. The number of anilines is 1. The van der Waals surface area contributed by atoms with E-state index in [4.69, 9.17) is 4.74 Å². The zero-order valence-electron chi connectivity index (χ0n) is 12.2. The molecular formula is C16H24INO. The molecule has 2 rings (SSSR count). The van der Waals surface area contributed by atoms with Crippen molar-refractivity contribution in [2.45, 2.75) is 46.3 Å². The number of hydrogen-bond donors (Lipinski definition) is 1. The Morgan fingerprint density at radius 1 is 1.42 bits per heavy atom. The Morgan fingerprint density at radius 2 is 2.16 bits per heavy atom. The van der Waals surface area contributed by atoms with Gasteiger partial charge in [-0.15, -0.1) is 0 Å². The zero-order valence-corrected chi connectivity index (χ0v) is 14.4.